The summed E-state index contributed by atoms with van der Waals surface area (Å²) in [5, 5.41) is 18.3. The van der Waals surface area contributed by atoms with Crippen LogP contribution in [0.5, 0.6) is 5.75 Å². The minimum absolute atomic E-state index is 0.0472. The lowest BCUT2D eigenvalue weighted by molar-refractivity contribution is -0.137. The molecule has 0 bridgehead atoms. The zero-order valence-corrected chi connectivity index (χ0v) is 10.9. The van der Waals surface area contributed by atoms with Crippen molar-refractivity contribution in [3.8, 4) is 5.75 Å². The summed E-state index contributed by atoms with van der Waals surface area (Å²) >= 11 is 0. The number of primary amides is 1. The van der Waals surface area contributed by atoms with E-state index in [-0.39, 0.29) is 36.3 Å². The van der Waals surface area contributed by atoms with Gasteiger partial charge in [-0.25, -0.2) is 4.39 Å². The van der Waals surface area contributed by atoms with Crippen LogP contribution >= 0.6 is 0 Å². The Kier molecular flexibility index (Phi) is 3.79. The molecule has 21 heavy (non-hydrogen) atoms. The summed E-state index contributed by atoms with van der Waals surface area (Å²) in [4.78, 5) is 35.3. The van der Waals surface area contributed by atoms with Crippen molar-refractivity contribution in [2.45, 2.75) is 25.4 Å². The number of nitrogens with zero attached hydrogens (tertiary/aromatic N) is 1. The average molecular weight is 296 g/mol. The van der Waals surface area contributed by atoms with Gasteiger partial charge in [0.2, 0.25) is 5.91 Å². The summed E-state index contributed by atoms with van der Waals surface area (Å²) in [6, 6.07) is 0.710. The molecule has 8 heteroatoms. The molecule has 4 N–H and O–H groups in total. The number of hydrogen-bond donors (Lipinski definition) is 3. The van der Waals surface area contributed by atoms with E-state index in [1.165, 1.54) is 0 Å². The Balaban J connectivity index is 2.30. The second-order valence-corrected chi connectivity index (χ2v) is 4.73. The number of carboxylic acid groups (broad SMARTS) is 1. The number of carboxylic acids is 1. The highest BCUT2D eigenvalue weighted by atomic mass is 19.1. The third-order valence-electron chi connectivity index (χ3n) is 3.35. The Bertz CT molecular complexity index is 631. The number of benzene rings is 1. The van der Waals surface area contributed by atoms with Gasteiger partial charge in [-0.15, -0.1) is 0 Å². The van der Waals surface area contributed by atoms with E-state index >= 15 is 0 Å². The van der Waals surface area contributed by atoms with Crippen LogP contribution in [0.25, 0.3) is 0 Å². The fourth-order valence-electron chi connectivity index (χ4n) is 2.34. The molecule has 2 rings (SSSR count). The maximum atomic E-state index is 13.2. The predicted molar refractivity (Wildman–Crippen MR) is 67.8 cm³/mol. The van der Waals surface area contributed by atoms with Crippen molar-refractivity contribution in [3.63, 3.8) is 0 Å². The summed E-state index contributed by atoms with van der Waals surface area (Å²) in [6.07, 6.45) is -0.484. The molecule has 0 spiro atoms. The van der Waals surface area contributed by atoms with Crippen LogP contribution in [0.3, 0.4) is 0 Å². The SMILES string of the molecule is NC(=O)C(CCC(=O)O)N1Cc2c(O)cc(F)cc2C1=O. The summed E-state index contributed by atoms with van der Waals surface area (Å²) in [7, 11) is 0. The van der Waals surface area contributed by atoms with Gasteiger partial charge in [-0.05, 0) is 12.5 Å². The second-order valence-electron chi connectivity index (χ2n) is 4.73. The molecule has 0 saturated heterocycles. The highest BCUT2D eigenvalue weighted by molar-refractivity contribution is 6.01. The lowest BCUT2D eigenvalue weighted by Crippen LogP contribution is -2.45. The number of amides is 2. The molecule has 7 nitrogen and oxygen atoms in total. The molecular weight excluding hydrogens is 283 g/mol. The minimum Gasteiger partial charge on any atom is -0.507 e. The number of fused-ring (bicyclic) bond motifs is 1. The van der Waals surface area contributed by atoms with Crippen molar-refractivity contribution < 1.29 is 29.0 Å². The Morgan fingerprint density at radius 2 is 2.10 bits per heavy atom. The van der Waals surface area contributed by atoms with Gasteiger partial charge in [-0.2, -0.15) is 0 Å². The topological polar surface area (TPSA) is 121 Å². The molecule has 0 aromatic heterocycles. The number of phenolic OH excluding ortho intramolecular Hbond substituents is 1. The number of carbonyl (C=O) groups excluding carboxylic acids is 2. The molecular formula is C13H13FN2O5. The third-order valence-corrected chi connectivity index (χ3v) is 3.35. The van der Waals surface area contributed by atoms with Gasteiger partial charge < -0.3 is 20.8 Å². The van der Waals surface area contributed by atoms with Crippen LogP contribution in [-0.2, 0) is 16.1 Å². The Morgan fingerprint density at radius 1 is 1.43 bits per heavy atom. The molecule has 0 radical (unpaired) electrons. The second kappa shape index (κ2) is 5.39. The maximum absolute atomic E-state index is 13.2. The number of aliphatic carboxylic acids is 1. The molecule has 112 valence electrons. The van der Waals surface area contributed by atoms with Crippen LogP contribution in [0.1, 0.15) is 28.8 Å². The molecule has 1 aromatic carbocycles. The van der Waals surface area contributed by atoms with Crippen molar-refractivity contribution >= 4 is 17.8 Å². The van der Waals surface area contributed by atoms with E-state index < -0.39 is 29.6 Å². The minimum atomic E-state index is -1.13. The van der Waals surface area contributed by atoms with Gasteiger partial charge >= 0.3 is 5.97 Å². The van der Waals surface area contributed by atoms with E-state index in [0.717, 1.165) is 17.0 Å². The normalized spacial score (nSPS) is 14.9. The van der Waals surface area contributed by atoms with Gasteiger partial charge in [0.1, 0.15) is 17.6 Å². The number of halogens is 1. The van der Waals surface area contributed by atoms with Gasteiger partial charge in [-0.3, -0.25) is 14.4 Å². The summed E-state index contributed by atoms with van der Waals surface area (Å²) in [5.41, 5.74) is 5.36. The van der Waals surface area contributed by atoms with Crippen molar-refractivity contribution in [1.82, 2.24) is 4.90 Å². The first-order valence-electron chi connectivity index (χ1n) is 6.14. The number of hydrogen-bond acceptors (Lipinski definition) is 4. The molecule has 2 amide bonds. The average Bonchev–Trinajstić information content (AvgIpc) is 2.68. The van der Waals surface area contributed by atoms with Gasteiger partial charge in [0.05, 0.1) is 12.1 Å². The van der Waals surface area contributed by atoms with Crippen molar-refractivity contribution in [1.29, 1.82) is 0 Å². The molecule has 0 saturated carbocycles. The van der Waals surface area contributed by atoms with Gasteiger partial charge in [-0.1, -0.05) is 0 Å². The largest absolute Gasteiger partial charge is 0.507 e. The Labute approximate surface area is 118 Å². The first-order chi connectivity index (χ1) is 9.81. The smallest absolute Gasteiger partial charge is 0.303 e. The quantitative estimate of drug-likeness (QED) is 0.717. The number of phenols is 1. The Hall–Kier alpha value is -2.64. The molecule has 1 aliphatic heterocycles. The van der Waals surface area contributed by atoms with E-state index in [9.17, 15) is 23.9 Å². The zero-order chi connectivity index (χ0) is 15.7. The zero-order valence-electron chi connectivity index (χ0n) is 10.9. The molecule has 1 heterocycles. The molecule has 0 aliphatic carbocycles. The summed E-state index contributed by atoms with van der Waals surface area (Å²) in [5.74, 6) is -3.80. The third kappa shape index (κ3) is 2.78. The van der Waals surface area contributed by atoms with Gasteiger partial charge in [0.25, 0.3) is 5.91 Å². The van der Waals surface area contributed by atoms with E-state index in [4.69, 9.17) is 10.8 Å². The van der Waals surface area contributed by atoms with Crippen molar-refractivity contribution in [2.75, 3.05) is 0 Å². The number of aromatic hydroxyl groups is 1. The number of nitrogens with two attached hydrogens (primary N) is 1. The van der Waals surface area contributed by atoms with Gasteiger partial charge in [0.15, 0.2) is 0 Å². The van der Waals surface area contributed by atoms with Crippen LogP contribution in [0.2, 0.25) is 0 Å². The van der Waals surface area contributed by atoms with Crippen LogP contribution in [-0.4, -0.2) is 38.9 Å². The number of carbonyl (C=O) groups is 3. The van der Waals surface area contributed by atoms with E-state index in [2.05, 4.69) is 0 Å². The number of rotatable bonds is 5. The first-order valence-corrected chi connectivity index (χ1v) is 6.14. The predicted octanol–water partition coefficient (Wildman–Crippen LogP) is 0.206. The first kappa shape index (κ1) is 14.8. The Morgan fingerprint density at radius 3 is 2.67 bits per heavy atom. The molecule has 1 atom stereocenters. The van der Waals surface area contributed by atoms with E-state index in [0.29, 0.717) is 0 Å². The van der Waals surface area contributed by atoms with Crippen LogP contribution in [0, 0.1) is 5.82 Å². The highest BCUT2D eigenvalue weighted by Crippen LogP contribution is 2.33. The lowest BCUT2D eigenvalue weighted by atomic mass is 10.1. The van der Waals surface area contributed by atoms with Crippen molar-refractivity contribution in [2.24, 2.45) is 5.73 Å². The van der Waals surface area contributed by atoms with E-state index in [1.54, 1.807) is 0 Å². The molecule has 1 unspecified atom stereocenters. The standard InChI is InChI=1S/C13H13FN2O5/c14-6-3-7-8(10(17)4-6)5-16(13(7)21)9(12(15)20)1-2-11(18)19/h3-4,9,17H,1-2,5H2,(H2,15,20)(H,18,19). The van der Waals surface area contributed by atoms with Crippen LogP contribution in [0.4, 0.5) is 4.39 Å². The molecule has 1 aliphatic rings. The maximum Gasteiger partial charge on any atom is 0.303 e. The van der Waals surface area contributed by atoms with E-state index in [1.807, 2.05) is 0 Å². The fraction of sp³-hybridized carbons (Fsp3) is 0.308. The van der Waals surface area contributed by atoms with Gasteiger partial charge in [0, 0.05) is 18.1 Å². The van der Waals surface area contributed by atoms with Crippen LogP contribution in [0.15, 0.2) is 12.1 Å². The lowest BCUT2D eigenvalue weighted by Gasteiger charge is -2.24. The van der Waals surface area contributed by atoms with Crippen LogP contribution < -0.4 is 5.73 Å². The summed E-state index contributed by atoms with van der Waals surface area (Å²) < 4.78 is 13.2. The van der Waals surface area contributed by atoms with Crippen molar-refractivity contribution in [3.05, 3.63) is 29.1 Å². The summed E-state index contributed by atoms with van der Waals surface area (Å²) in [6.45, 7) is -0.118. The molecule has 1 aromatic rings. The monoisotopic (exact) mass is 296 g/mol. The molecule has 0 fully saturated rings. The fourth-order valence-corrected chi connectivity index (χ4v) is 2.34. The highest BCUT2D eigenvalue weighted by Gasteiger charge is 2.37.